The van der Waals surface area contributed by atoms with Crippen LogP contribution >= 0.6 is 27.3 Å². The summed E-state index contributed by atoms with van der Waals surface area (Å²) in [4.78, 5) is 26.3. The molecule has 1 aliphatic carbocycles. The first kappa shape index (κ1) is 19.2. The maximum atomic E-state index is 13.1. The molecule has 0 spiro atoms. The molecule has 7 heteroatoms. The van der Waals surface area contributed by atoms with E-state index in [9.17, 15) is 9.59 Å². The third-order valence-electron chi connectivity index (χ3n) is 4.37. The first-order valence-electron chi connectivity index (χ1n) is 8.21. The van der Waals surface area contributed by atoms with Crippen molar-refractivity contribution >= 4 is 45.0 Å². The van der Waals surface area contributed by atoms with Gasteiger partial charge in [-0.25, -0.2) is 4.79 Å². The Hall–Kier alpha value is -1.08. The number of thiophene rings is 1. The van der Waals surface area contributed by atoms with Crippen LogP contribution in [0.2, 0.25) is 0 Å². The highest BCUT2D eigenvalue weighted by Crippen LogP contribution is 2.43. The molecule has 0 atom stereocenters. The Morgan fingerprint density at radius 1 is 1.29 bits per heavy atom. The van der Waals surface area contributed by atoms with E-state index >= 15 is 0 Å². The first-order chi connectivity index (χ1) is 11.3. The molecule has 0 saturated heterocycles. The molecular weight excluding hydrogens is 394 g/mol. The lowest BCUT2D eigenvalue weighted by Crippen LogP contribution is -2.42. The summed E-state index contributed by atoms with van der Waals surface area (Å²) >= 11 is 4.68. The summed E-state index contributed by atoms with van der Waals surface area (Å²) < 4.78 is 10.6. The fraction of sp³-hybridized carbons (Fsp3) is 0.647. The van der Waals surface area contributed by atoms with Gasteiger partial charge in [-0.3, -0.25) is 4.79 Å². The van der Waals surface area contributed by atoms with Gasteiger partial charge in [-0.05, 0) is 67.4 Å². The molecule has 1 heterocycles. The highest BCUT2D eigenvalue weighted by molar-refractivity contribution is 9.11. The van der Waals surface area contributed by atoms with Crippen molar-refractivity contribution in [1.29, 1.82) is 0 Å². The number of hydrogen-bond acceptors (Lipinski definition) is 5. The lowest BCUT2D eigenvalue weighted by Gasteiger charge is -2.33. The standard InChI is InChI=1S/C17H24BrNO4S/c1-10(2)19(15(20)12-7-5-11(3)6-8-12)13-9-14(18)24-16(13)23-17(21)22-4/h9-12H,5-8H2,1-4H3/t11-,12-. The summed E-state index contributed by atoms with van der Waals surface area (Å²) in [6, 6.07) is 1.80. The number of amides is 1. The second kappa shape index (κ2) is 8.34. The van der Waals surface area contributed by atoms with Crippen molar-refractivity contribution in [1.82, 2.24) is 0 Å². The minimum absolute atomic E-state index is 0.0293. The van der Waals surface area contributed by atoms with Crippen LogP contribution in [0.25, 0.3) is 0 Å². The van der Waals surface area contributed by atoms with Crippen LogP contribution in [0.5, 0.6) is 5.06 Å². The Bertz CT molecular complexity index is 593. The average Bonchev–Trinajstić information content (AvgIpc) is 2.87. The summed E-state index contributed by atoms with van der Waals surface area (Å²) in [5, 5.41) is 0.375. The Balaban J connectivity index is 2.27. The van der Waals surface area contributed by atoms with Gasteiger partial charge in [-0.2, -0.15) is 0 Å². The van der Waals surface area contributed by atoms with Gasteiger partial charge >= 0.3 is 6.16 Å². The van der Waals surface area contributed by atoms with Crippen molar-refractivity contribution in [3.05, 3.63) is 9.85 Å². The number of methoxy groups -OCH3 is 1. The zero-order chi connectivity index (χ0) is 17.9. The number of anilines is 1. The van der Waals surface area contributed by atoms with E-state index < -0.39 is 6.16 Å². The number of ether oxygens (including phenoxy) is 2. The highest BCUT2D eigenvalue weighted by Gasteiger charge is 2.33. The van der Waals surface area contributed by atoms with Gasteiger partial charge in [0.15, 0.2) is 0 Å². The molecule has 0 unspecified atom stereocenters. The van der Waals surface area contributed by atoms with Crippen molar-refractivity contribution in [2.24, 2.45) is 11.8 Å². The summed E-state index contributed by atoms with van der Waals surface area (Å²) in [7, 11) is 1.26. The number of rotatable bonds is 4. The fourth-order valence-corrected chi connectivity index (χ4v) is 4.43. The maximum Gasteiger partial charge on any atom is 0.514 e. The van der Waals surface area contributed by atoms with Crippen molar-refractivity contribution in [3.63, 3.8) is 0 Å². The van der Waals surface area contributed by atoms with Gasteiger partial charge in [0.25, 0.3) is 0 Å². The summed E-state index contributed by atoms with van der Waals surface area (Å²) in [6.07, 6.45) is 3.22. The average molecular weight is 418 g/mol. The van der Waals surface area contributed by atoms with Crippen LogP contribution in [0.1, 0.15) is 46.5 Å². The molecule has 0 bridgehead atoms. The van der Waals surface area contributed by atoms with Gasteiger partial charge in [0.1, 0.15) is 0 Å². The Morgan fingerprint density at radius 2 is 1.92 bits per heavy atom. The molecule has 1 aliphatic rings. The molecule has 1 aromatic heterocycles. The van der Waals surface area contributed by atoms with Gasteiger partial charge in [0.2, 0.25) is 11.0 Å². The monoisotopic (exact) mass is 417 g/mol. The molecule has 0 N–H and O–H groups in total. The second-order valence-corrected chi connectivity index (χ2v) is 8.93. The molecule has 1 aromatic rings. The van der Waals surface area contributed by atoms with E-state index in [1.165, 1.54) is 18.4 Å². The van der Waals surface area contributed by atoms with E-state index in [4.69, 9.17) is 4.74 Å². The number of nitrogens with zero attached hydrogens (tertiary/aromatic N) is 1. The van der Waals surface area contributed by atoms with Gasteiger partial charge in [0, 0.05) is 12.0 Å². The largest absolute Gasteiger partial charge is 0.514 e. The molecule has 134 valence electrons. The van der Waals surface area contributed by atoms with Crippen LogP contribution in [0, 0.1) is 11.8 Å². The molecule has 24 heavy (non-hydrogen) atoms. The van der Waals surface area contributed by atoms with E-state index in [1.807, 2.05) is 19.9 Å². The van der Waals surface area contributed by atoms with Crippen LogP contribution in [-0.2, 0) is 9.53 Å². The SMILES string of the molecule is COC(=O)Oc1sc(Br)cc1N(C(=O)[C@H]1CC[C@H](C)CC1)C(C)C. The Morgan fingerprint density at radius 3 is 2.46 bits per heavy atom. The van der Waals surface area contributed by atoms with Crippen molar-refractivity contribution in [2.75, 3.05) is 12.0 Å². The van der Waals surface area contributed by atoms with Crippen LogP contribution in [0.15, 0.2) is 9.85 Å². The third-order valence-corrected chi connectivity index (χ3v) is 5.88. The molecule has 1 amide bonds. The van der Waals surface area contributed by atoms with Gasteiger partial charge in [-0.1, -0.05) is 18.3 Å². The molecular formula is C17H24BrNO4S. The summed E-state index contributed by atoms with van der Waals surface area (Å²) in [6.45, 7) is 6.17. The highest BCUT2D eigenvalue weighted by atomic mass is 79.9. The topological polar surface area (TPSA) is 55.8 Å². The molecule has 0 aromatic carbocycles. The maximum absolute atomic E-state index is 13.1. The smallest absolute Gasteiger partial charge is 0.437 e. The first-order valence-corrected chi connectivity index (χ1v) is 9.82. The predicted molar refractivity (Wildman–Crippen MR) is 98.8 cm³/mol. The molecule has 0 aliphatic heterocycles. The van der Waals surface area contributed by atoms with E-state index in [0.29, 0.717) is 16.7 Å². The van der Waals surface area contributed by atoms with E-state index in [-0.39, 0.29) is 17.9 Å². The molecule has 0 radical (unpaired) electrons. The Labute approximate surface area is 155 Å². The minimum atomic E-state index is -0.784. The third kappa shape index (κ3) is 4.51. The van der Waals surface area contributed by atoms with Gasteiger partial charge < -0.3 is 14.4 Å². The lowest BCUT2D eigenvalue weighted by atomic mass is 9.82. The van der Waals surface area contributed by atoms with E-state index in [2.05, 4.69) is 27.6 Å². The van der Waals surface area contributed by atoms with Crippen LogP contribution in [0.3, 0.4) is 0 Å². The van der Waals surface area contributed by atoms with E-state index in [0.717, 1.165) is 29.5 Å². The second-order valence-electron chi connectivity index (χ2n) is 6.54. The molecule has 1 saturated carbocycles. The number of halogens is 1. The van der Waals surface area contributed by atoms with Gasteiger partial charge in [0.05, 0.1) is 16.6 Å². The van der Waals surface area contributed by atoms with Crippen LogP contribution in [0.4, 0.5) is 10.5 Å². The van der Waals surface area contributed by atoms with Crippen molar-refractivity contribution < 1.29 is 19.1 Å². The predicted octanol–water partition coefficient (Wildman–Crippen LogP) is 5.22. The zero-order valence-electron chi connectivity index (χ0n) is 14.5. The van der Waals surface area contributed by atoms with Crippen molar-refractivity contribution in [3.8, 4) is 5.06 Å². The lowest BCUT2D eigenvalue weighted by molar-refractivity contribution is -0.123. The summed E-state index contributed by atoms with van der Waals surface area (Å²) in [5.41, 5.74) is 0.621. The molecule has 5 nitrogen and oxygen atoms in total. The number of hydrogen-bond donors (Lipinski definition) is 0. The minimum Gasteiger partial charge on any atom is -0.437 e. The number of carbonyl (C=O) groups excluding carboxylic acids is 2. The Kier molecular flexibility index (Phi) is 6.69. The normalized spacial score (nSPS) is 20.8. The summed E-state index contributed by atoms with van der Waals surface area (Å²) in [5.74, 6) is 0.834. The number of carbonyl (C=O) groups is 2. The quantitative estimate of drug-likeness (QED) is 0.629. The molecule has 1 fully saturated rings. The van der Waals surface area contributed by atoms with Crippen LogP contribution in [-0.4, -0.2) is 25.2 Å². The fourth-order valence-electron chi connectivity index (χ4n) is 3.05. The van der Waals surface area contributed by atoms with Crippen molar-refractivity contribution in [2.45, 2.75) is 52.5 Å². The molecule has 2 rings (SSSR count). The van der Waals surface area contributed by atoms with Crippen LogP contribution < -0.4 is 9.64 Å². The van der Waals surface area contributed by atoms with Gasteiger partial charge in [-0.15, -0.1) is 0 Å². The van der Waals surface area contributed by atoms with E-state index in [1.54, 1.807) is 4.90 Å². The zero-order valence-corrected chi connectivity index (χ0v) is 16.9.